The van der Waals surface area contributed by atoms with Gasteiger partial charge in [0.2, 0.25) is 0 Å². The summed E-state index contributed by atoms with van der Waals surface area (Å²) < 4.78 is 0. The van der Waals surface area contributed by atoms with E-state index in [2.05, 4.69) is 30.3 Å². The molecule has 2 aromatic carbocycles. The molecule has 0 radical (unpaired) electrons. The second kappa shape index (κ2) is 5.33. The Morgan fingerprint density at radius 2 is 1.57 bits per heavy atom. The maximum absolute atomic E-state index is 12.8. The van der Waals surface area contributed by atoms with Crippen molar-refractivity contribution in [2.24, 2.45) is 5.41 Å². The number of fused-ring (bicyclic) bond motifs is 1. The summed E-state index contributed by atoms with van der Waals surface area (Å²) >= 11 is 0. The van der Waals surface area contributed by atoms with Crippen LogP contribution in [0.3, 0.4) is 0 Å². The van der Waals surface area contributed by atoms with Crippen molar-refractivity contribution >= 4 is 11.9 Å². The lowest BCUT2D eigenvalue weighted by Crippen LogP contribution is -2.28. The van der Waals surface area contributed by atoms with Gasteiger partial charge in [0.1, 0.15) is 0 Å². The molecule has 21 heavy (non-hydrogen) atoms. The molecule has 0 aliphatic heterocycles. The van der Waals surface area contributed by atoms with Crippen molar-refractivity contribution in [1.29, 1.82) is 0 Å². The van der Waals surface area contributed by atoms with E-state index in [1.54, 1.807) is 0 Å². The van der Waals surface area contributed by atoms with Gasteiger partial charge in [0, 0.05) is 11.0 Å². The molecule has 3 rings (SSSR count). The van der Waals surface area contributed by atoms with Gasteiger partial charge in [-0.2, -0.15) is 0 Å². The molecule has 2 aromatic rings. The largest absolute Gasteiger partial charge is 0.293 e. The highest BCUT2D eigenvalue weighted by Crippen LogP contribution is 2.38. The molecule has 106 valence electrons. The van der Waals surface area contributed by atoms with Crippen molar-refractivity contribution < 1.29 is 4.79 Å². The van der Waals surface area contributed by atoms with Gasteiger partial charge in [-0.1, -0.05) is 66.2 Å². The molecule has 0 fully saturated rings. The molecule has 0 heterocycles. The first-order valence-corrected chi connectivity index (χ1v) is 7.48. The molecule has 0 bridgehead atoms. The maximum Gasteiger partial charge on any atom is 0.172 e. The summed E-state index contributed by atoms with van der Waals surface area (Å²) in [7, 11) is 0. The smallest absolute Gasteiger partial charge is 0.172 e. The van der Waals surface area contributed by atoms with Crippen molar-refractivity contribution in [3.63, 3.8) is 0 Å². The lowest BCUT2D eigenvalue weighted by atomic mass is 9.73. The number of rotatable bonds is 3. The second-order valence-electron chi connectivity index (χ2n) is 6.19. The van der Waals surface area contributed by atoms with Crippen LogP contribution in [-0.2, 0) is 6.42 Å². The van der Waals surface area contributed by atoms with Crippen molar-refractivity contribution in [1.82, 2.24) is 0 Å². The second-order valence-corrected chi connectivity index (χ2v) is 6.19. The van der Waals surface area contributed by atoms with Crippen LogP contribution in [0.1, 0.15) is 41.8 Å². The van der Waals surface area contributed by atoms with Crippen LogP contribution in [0.4, 0.5) is 0 Å². The van der Waals surface area contributed by atoms with Gasteiger partial charge in [0.25, 0.3) is 0 Å². The fraction of sp³-hybridized carbons (Fsp3) is 0.250. The van der Waals surface area contributed by atoms with Gasteiger partial charge in [0.15, 0.2) is 5.78 Å². The Labute approximate surface area is 126 Å². The van der Waals surface area contributed by atoms with Gasteiger partial charge < -0.3 is 0 Å². The summed E-state index contributed by atoms with van der Waals surface area (Å²) in [5, 5.41) is 0. The van der Waals surface area contributed by atoms with E-state index in [1.807, 2.05) is 44.2 Å². The normalized spacial score (nSPS) is 14.3. The molecule has 1 aliphatic rings. The number of benzene rings is 2. The van der Waals surface area contributed by atoms with Crippen LogP contribution in [-0.4, -0.2) is 5.78 Å². The predicted octanol–water partition coefficient (Wildman–Crippen LogP) is 4.93. The Morgan fingerprint density at radius 3 is 2.33 bits per heavy atom. The van der Waals surface area contributed by atoms with Crippen molar-refractivity contribution in [2.45, 2.75) is 26.7 Å². The fourth-order valence-corrected chi connectivity index (χ4v) is 3.02. The van der Waals surface area contributed by atoms with Gasteiger partial charge in [-0.3, -0.25) is 4.79 Å². The summed E-state index contributed by atoms with van der Waals surface area (Å²) in [5.74, 6) is 0.203. The first kappa shape index (κ1) is 13.8. The van der Waals surface area contributed by atoms with Crippen molar-refractivity contribution in [3.8, 4) is 0 Å². The summed E-state index contributed by atoms with van der Waals surface area (Å²) in [6.07, 6.45) is 4.19. The third kappa shape index (κ3) is 2.56. The number of hydrogen-bond donors (Lipinski definition) is 0. The van der Waals surface area contributed by atoms with Crippen LogP contribution in [0.2, 0.25) is 0 Å². The molecule has 0 atom stereocenters. The molecule has 0 saturated carbocycles. The van der Waals surface area contributed by atoms with E-state index in [0.717, 1.165) is 18.4 Å². The number of ketones is 1. The molecular weight excluding hydrogens is 256 g/mol. The molecule has 0 spiro atoms. The first-order chi connectivity index (χ1) is 10.1. The summed E-state index contributed by atoms with van der Waals surface area (Å²) in [5.41, 5.74) is 4.21. The third-order valence-corrected chi connectivity index (χ3v) is 4.45. The van der Waals surface area contributed by atoms with Crippen LogP contribution in [0.15, 0.2) is 60.2 Å². The standard InChI is InChI=1S/C20H20O/c1-20(2,19(21)16-9-4-3-5-10-16)18-13-12-15-8-6-7-11-17(15)14-18/h3-11,14H,12-13H2,1-2H3. The highest BCUT2D eigenvalue weighted by atomic mass is 16.1. The van der Waals surface area contributed by atoms with Crippen molar-refractivity contribution in [2.75, 3.05) is 0 Å². The van der Waals surface area contributed by atoms with E-state index < -0.39 is 5.41 Å². The van der Waals surface area contributed by atoms with E-state index in [-0.39, 0.29) is 5.78 Å². The van der Waals surface area contributed by atoms with Crippen LogP contribution >= 0.6 is 0 Å². The maximum atomic E-state index is 12.8. The molecule has 1 aliphatic carbocycles. The average molecular weight is 276 g/mol. The van der Waals surface area contributed by atoms with Crippen molar-refractivity contribution in [3.05, 3.63) is 76.9 Å². The van der Waals surface area contributed by atoms with Crippen LogP contribution in [0.25, 0.3) is 6.08 Å². The highest BCUT2D eigenvalue weighted by molar-refractivity contribution is 6.02. The third-order valence-electron chi connectivity index (χ3n) is 4.45. The number of hydrogen-bond acceptors (Lipinski definition) is 1. The predicted molar refractivity (Wildman–Crippen MR) is 87.3 cm³/mol. The quantitative estimate of drug-likeness (QED) is 0.727. The average Bonchev–Trinajstić information content (AvgIpc) is 2.54. The summed E-state index contributed by atoms with van der Waals surface area (Å²) in [4.78, 5) is 12.8. The zero-order valence-corrected chi connectivity index (χ0v) is 12.6. The summed E-state index contributed by atoms with van der Waals surface area (Å²) in [6.45, 7) is 4.09. The monoisotopic (exact) mass is 276 g/mol. The molecule has 0 saturated heterocycles. The minimum absolute atomic E-state index is 0.203. The molecular formula is C20H20O. The topological polar surface area (TPSA) is 17.1 Å². The number of Topliss-reactive ketones (excluding diaryl/α,β-unsaturated/α-hetero) is 1. The highest BCUT2D eigenvalue weighted by Gasteiger charge is 2.33. The Hall–Kier alpha value is -2.15. The minimum Gasteiger partial charge on any atom is -0.293 e. The van der Waals surface area contributed by atoms with E-state index in [4.69, 9.17) is 0 Å². The Kier molecular flexibility index (Phi) is 3.50. The number of carbonyl (C=O) groups is 1. The van der Waals surface area contributed by atoms with E-state index >= 15 is 0 Å². The fourth-order valence-electron chi connectivity index (χ4n) is 3.02. The van der Waals surface area contributed by atoms with Crippen LogP contribution in [0, 0.1) is 5.41 Å². The zero-order chi connectivity index (χ0) is 14.9. The molecule has 0 N–H and O–H groups in total. The van der Waals surface area contributed by atoms with E-state index in [0.29, 0.717) is 0 Å². The molecule has 0 amide bonds. The SMILES string of the molecule is CC(C)(C(=O)c1ccccc1)C1=Cc2ccccc2CC1. The molecule has 1 nitrogen and oxygen atoms in total. The minimum atomic E-state index is -0.450. The lowest BCUT2D eigenvalue weighted by Gasteiger charge is -2.30. The van der Waals surface area contributed by atoms with Crippen LogP contribution < -0.4 is 0 Å². The number of carbonyl (C=O) groups excluding carboxylic acids is 1. The van der Waals surface area contributed by atoms with Crippen LogP contribution in [0.5, 0.6) is 0 Å². The van der Waals surface area contributed by atoms with Gasteiger partial charge in [-0.25, -0.2) is 0 Å². The van der Waals surface area contributed by atoms with Gasteiger partial charge in [0.05, 0.1) is 0 Å². The van der Waals surface area contributed by atoms with Gasteiger partial charge in [-0.05, 0) is 37.8 Å². The molecule has 1 heteroatoms. The van der Waals surface area contributed by atoms with Gasteiger partial charge >= 0.3 is 0 Å². The Bertz CT molecular complexity index is 693. The first-order valence-electron chi connectivity index (χ1n) is 7.48. The molecule has 0 aromatic heterocycles. The Morgan fingerprint density at radius 1 is 0.905 bits per heavy atom. The number of aryl methyl sites for hydroxylation is 1. The Balaban J connectivity index is 1.96. The summed E-state index contributed by atoms with van der Waals surface area (Å²) in [6, 6.07) is 18.1. The zero-order valence-electron chi connectivity index (χ0n) is 12.6. The van der Waals surface area contributed by atoms with E-state index in [9.17, 15) is 4.79 Å². The van der Waals surface area contributed by atoms with Gasteiger partial charge in [-0.15, -0.1) is 0 Å². The van der Waals surface area contributed by atoms with E-state index in [1.165, 1.54) is 16.7 Å². The molecule has 0 unspecified atom stereocenters. The number of allylic oxidation sites excluding steroid dienone is 1. The lowest BCUT2D eigenvalue weighted by molar-refractivity contribution is 0.0873.